The first-order chi connectivity index (χ1) is 12.3. The summed E-state index contributed by atoms with van der Waals surface area (Å²) in [7, 11) is 0. The average molecular weight is 369 g/mol. The Morgan fingerprint density at radius 2 is 2.00 bits per heavy atom. The molecule has 26 heavy (non-hydrogen) atoms. The second kappa shape index (κ2) is 7.09. The van der Waals surface area contributed by atoms with E-state index in [1.54, 1.807) is 17.7 Å². The third kappa shape index (κ3) is 3.73. The molecule has 140 valence electrons. The molecule has 1 aliphatic carbocycles. The van der Waals surface area contributed by atoms with Crippen molar-refractivity contribution in [2.45, 2.75) is 38.8 Å². The van der Waals surface area contributed by atoms with Gasteiger partial charge in [-0.2, -0.15) is 13.2 Å². The van der Waals surface area contributed by atoms with Crippen LogP contribution in [0.15, 0.2) is 30.6 Å². The van der Waals surface area contributed by atoms with Crippen molar-refractivity contribution in [2.24, 2.45) is 11.8 Å². The van der Waals surface area contributed by atoms with Crippen LogP contribution in [0.3, 0.4) is 0 Å². The van der Waals surface area contributed by atoms with Gasteiger partial charge in [0, 0.05) is 24.0 Å². The van der Waals surface area contributed by atoms with Gasteiger partial charge in [-0.15, -0.1) is 0 Å². The topological polar surface area (TPSA) is 46.9 Å². The number of hydrogen-bond acceptors (Lipinski definition) is 2. The number of anilines is 1. The molecule has 0 radical (unpaired) electrons. The smallest absolute Gasteiger partial charge is 0.326 e. The molecule has 0 unspecified atom stereocenters. The molecule has 0 aliphatic heterocycles. The molecule has 1 aliphatic rings. The highest BCUT2D eigenvalue weighted by molar-refractivity contribution is 5.93. The van der Waals surface area contributed by atoms with Crippen LogP contribution < -0.4 is 5.32 Å². The molecule has 1 saturated carbocycles. The summed E-state index contributed by atoms with van der Waals surface area (Å²) in [5, 5.41) is 2.44. The zero-order valence-corrected chi connectivity index (χ0v) is 14.2. The molecule has 0 spiro atoms. The van der Waals surface area contributed by atoms with Crippen LogP contribution in [0.4, 0.5) is 23.2 Å². The molecule has 1 amide bonds. The number of amides is 1. The van der Waals surface area contributed by atoms with Crippen molar-refractivity contribution in [3.05, 3.63) is 42.2 Å². The molecule has 8 heteroatoms. The fraction of sp³-hybridized carbons (Fsp3) is 0.444. The third-order valence-corrected chi connectivity index (χ3v) is 4.82. The lowest BCUT2D eigenvalue weighted by atomic mass is 9.78. The van der Waals surface area contributed by atoms with Gasteiger partial charge in [-0.3, -0.25) is 4.79 Å². The van der Waals surface area contributed by atoms with Crippen LogP contribution in [0.2, 0.25) is 0 Å². The van der Waals surface area contributed by atoms with Crippen LogP contribution in [0.25, 0.3) is 5.69 Å². The van der Waals surface area contributed by atoms with E-state index in [4.69, 9.17) is 0 Å². The van der Waals surface area contributed by atoms with Crippen LogP contribution >= 0.6 is 0 Å². The van der Waals surface area contributed by atoms with Crippen LogP contribution in [0.5, 0.6) is 0 Å². The van der Waals surface area contributed by atoms with E-state index in [0.29, 0.717) is 18.7 Å². The molecule has 1 fully saturated rings. The Kier molecular flexibility index (Phi) is 5.02. The summed E-state index contributed by atoms with van der Waals surface area (Å²) in [6.07, 6.45) is -0.0950. The summed E-state index contributed by atoms with van der Waals surface area (Å²) in [4.78, 5) is 16.4. The van der Waals surface area contributed by atoms with Crippen molar-refractivity contribution < 1.29 is 22.4 Å². The molecule has 4 nitrogen and oxygen atoms in total. The number of aryl methyl sites for hydroxylation is 1. The standard InChI is InChI=1S/C18H19F4N3O/c1-11-23-8-9-25(11)16-7-6-12(10-15(16)19)24-17(26)13-4-2-3-5-14(13)18(20,21)22/h6-10,13-14H,2-5H2,1H3,(H,24,26)/t13-,14-/m1/s1. The summed E-state index contributed by atoms with van der Waals surface area (Å²) >= 11 is 0. The first-order valence-corrected chi connectivity index (χ1v) is 8.45. The molecular weight excluding hydrogens is 350 g/mol. The normalized spacial score (nSPS) is 20.8. The molecule has 1 N–H and O–H groups in total. The highest BCUT2D eigenvalue weighted by Crippen LogP contribution is 2.41. The zero-order chi connectivity index (χ0) is 18.9. The largest absolute Gasteiger partial charge is 0.392 e. The molecular formula is C18H19F4N3O. The van der Waals surface area contributed by atoms with E-state index >= 15 is 0 Å². The summed E-state index contributed by atoms with van der Waals surface area (Å²) < 4.78 is 55.4. The molecule has 1 aromatic carbocycles. The van der Waals surface area contributed by atoms with Crippen LogP contribution in [-0.2, 0) is 4.79 Å². The summed E-state index contributed by atoms with van der Waals surface area (Å²) in [6, 6.07) is 4.04. The van der Waals surface area contributed by atoms with Crippen molar-refractivity contribution >= 4 is 11.6 Å². The maximum Gasteiger partial charge on any atom is 0.392 e. The number of benzene rings is 1. The Morgan fingerprint density at radius 1 is 1.27 bits per heavy atom. The first-order valence-electron chi connectivity index (χ1n) is 8.45. The van der Waals surface area contributed by atoms with Gasteiger partial charge in [-0.25, -0.2) is 9.37 Å². The van der Waals surface area contributed by atoms with Gasteiger partial charge in [0.15, 0.2) is 0 Å². The van der Waals surface area contributed by atoms with Gasteiger partial charge in [0.05, 0.1) is 11.6 Å². The third-order valence-electron chi connectivity index (χ3n) is 4.82. The number of aromatic nitrogens is 2. The van der Waals surface area contributed by atoms with Crippen LogP contribution in [-0.4, -0.2) is 21.6 Å². The number of alkyl halides is 3. The summed E-state index contributed by atoms with van der Waals surface area (Å²) in [5.74, 6) is -3.50. The lowest BCUT2D eigenvalue weighted by Gasteiger charge is -2.32. The maximum absolute atomic E-state index is 14.4. The number of halogens is 4. The minimum Gasteiger partial charge on any atom is -0.326 e. The Bertz CT molecular complexity index is 800. The minimum atomic E-state index is -4.41. The van der Waals surface area contributed by atoms with Gasteiger partial charge in [0.1, 0.15) is 11.6 Å². The highest BCUT2D eigenvalue weighted by Gasteiger charge is 2.48. The van der Waals surface area contributed by atoms with Gasteiger partial charge in [0.25, 0.3) is 0 Å². The Balaban J connectivity index is 1.77. The van der Waals surface area contributed by atoms with E-state index in [1.165, 1.54) is 18.3 Å². The first kappa shape index (κ1) is 18.4. The number of rotatable bonds is 3. The zero-order valence-electron chi connectivity index (χ0n) is 14.2. The Hall–Kier alpha value is -2.38. The molecule has 3 rings (SSSR count). The second-order valence-corrected chi connectivity index (χ2v) is 6.54. The fourth-order valence-electron chi connectivity index (χ4n) is 3.48. The molecule has 2 aromatic rings. The van der Waals surface area contributed by atoms with Gasteiger partial charge >= 0.3 is 6.18 Å². The number of nitrogens with zero attached hydrogens (tertiary/aromatic N) is 2. The molecule has 1 heterocycles. The number of carbonyl (C=O) groups excluding carboxylic acids is 1. The van der Waals surface area contributed by atoms with Crippen molar-refractivity contribution in [3.63, 3.8) is 0 Å². The molecule has 2 atom stereocenters. The number of carbonyl (C=O) groups is 1. The quantitative estimate of drug-likeness (QED) is 0.802. The highest BCUT2D eigenvalue weighted by atomic mass is 19.4. The summed E-state index contributed by atoms with van der Waals surface area (Å²) in [5.41, 5.74) is 0.393. The van der Waals surface area contributed by atoms with Gasteiger partial charge in [-0.1, -0.05) is 12.8 Å². The maximum atomic E-state index is 14.4. The predicted octanol–water partition coefficient (Wildman–Crippen LogP) is 4.63. The predicted molar refractivity (Wildman–Crippen MR) is 88.4 cm³/mol. The van der Waals surface area contributed by atoms with Gasteiger partial charge < -0.3 is 9.88 Å². The van der Waals surface area contributed by atoms with Crippen molar-refractivity contribution in [1.29, 1.82) is 0 Å². The van der Waals surface area contributed by atoms with E-state index in [0.717, 1.165) is 6.07 Å². The van der Waals surface area contributed by atoms with Crippen LogP contribution in [0, 0.1) is 24.6 Å². The van der Waals surface area contributed by atoms with Crippen molar-refractivity contribution in [1.82, 2.24) is 9.55 Å². The number of imidazole rings is 1. The summed E-state index contributed by atoms with van der Waals surface area (Å²) in [6.45, 7) is 1.72. The second-order valence-electron chi connectivity index (χ2n) is 6.54. The lowest BCUT2D eigenvalue weighted by molar-refractivity contribution is -0.197. The molecule has 0 bridgehead atoms. The minimum absolute atomic E-state index is 0.0468. The Labute approximate surface area is 148 Å². The van der Waals surface area contributed by atoms with E-state index in [-0.39, 0.29) is 24.2 Å². The van der Waals surface area contributed by atoms with E-state index in [9.17, 15) is 22.4 Å². The van der Waals surface area contributed by atoms with E-state index in [2.05, 4.69) is 10.3 Å². The van der Waals surface area contributed by atoms with Crippen molar-refractivity contribution in [2.75, 3.05) is 5.32 Å². The van der Waals surface area contributed by atoms with E-state index < -0.39 is 29.7 Å². The molecule has 0 saturated heterocycles. The van der Waals surface area contributed by atoms with Gasteiger partial charge in [0.2, 0.25) is 5.91 Å². The van der Waals surface area contributed by atoms with Crippen molar-refractivity contribution in [3.8, 4) is 5.69 Å². The van der Waals surface area contributed by atoms with E-state index in [1.807, 2.05) is 0 Å². The Morgan fingerprint density at radius 3 is 2.62 bits per heavy atom. The lowest BCUT2D eigenvalue weighted by Crippen LogP contribution is -2.39. The fourth-order valence-corrected chi connectivity index (χ4v) is 3.48. The average Bonchev–Trinajstić information content (AvgIpc) is 3.00. The number of hydrogen-bond donors (Lipinski definition) is 1. The number of nitrogens with one attached hydrogen (secondary N) is 1. The monoisotopic (exact) mass is 369 g/mol. The van der Waals surface area contributed by atoms with Crippen LogP contribution in [0.1, 0.15) is 31.5 Å². The van der Waals surface area contributed by atoms with Gasteiger partial charge in [-0.05, 0) is 38.0 Å². The SMILES string of the molecule is Cc1nccn1-c1ccc(NC(=O)[C@@H]2CCCC[C@H]2C(F)(F)F)cc1F. The molecule has 1 aromatic heterocycles.